The van der Waals surface area contributed by atoms with Gasteiger partial charge in [-0.25, -0.2) is 4.39 Å². The number of rotatable bonds is 4. The predicted molar refractivity (Wildman–Crippen MR) is 69.5 cm³/mol. The molecular weight excluding hydrogens is 338 g/mol. The summed E-state index contributed by atoms with van der Waals surface area (Å²) in [6.45, 7) is 0.454. The monoisotopic (exact) mass is 348 g/mol. The van der Waals surface area contributed by atoms with Crippen molar-refractivity contribution in [3.8, 4) is 0 Å². The first kappa shape index (κ1) is 12.2. The molecule has 1 aromatic heterocycles. The summed E-state index contributed by atoms with van der Waals surface area (Å²) in [4.78, 5) is 0. The Morgan fingerprint density at radius 2 is 2.24 bits per heavy atom. The van der Waals surface area contributed by atoms with Gasteiger partial charge in [-0.3, -0.25) is 0 Å². The van der Waals surface area contributed by atoms with Crippen molar-refractivity contribution in [2.24, 2.45) is 5.73 Å². The van der Waals surface area contributed by atoms with Gasteiger partial charge < -0.3 is 15.5 Å². The van der Waals surface area contributed by atoms with Gasteiger partial charge in [-0.05, 0) is 40.8 Å². The molecule has 0 amide bonds. The molecule has 0 atom stereocenters. The van der Waals surface area contributed by atoms with Crippen LogP contribution in [0.3, 0.4) is 0 Å². The summed E-state index contributed by atoms with van der Waals surface area (Å²) in [7, 11) is 0. The van der Waals surface area contributed by atoms with Crippen LogP contribution in [0.1, 0.15) is 5.89 Å². The van der Waals surface area contributed by atoms with Crippen molar-refractivity contribution in [1.82, 2.24) is 10.2 Å². The maximum Gasteiger partial charge on any atom is 0.320 e. The van der Waals surface area contributed by atoms with Crippen LogP contribution in [-0.2, 0) is 6.42 Å². The second-order valence-corrected chi connectivity index (χ2v) is 4.45. The summed E-state index contributed by atoms with van der Waals surface area (Å²) in [5.74, 6) is 0.196. The second kappa shape index (κ2) is 5.41. The number of benzene rings is 1. The van der Waals surface area contributed by atoms with E-state index in [1.54, 1.807) is 6.07 Å². The fourth-order valence-corrected chi connectivity index (χ4v) is 1.85. The Hall–Kier alpha value is -1.22. The van der Waals surface area contributed by atoms with E-state index in [0.29, 0.717) is 18.9 Å². The van der Waals surface area contributed by atoms with E-state index in [2.05, 4.69) is 15.5 Å². The fraction of sp³-hybridized carbons (Fsp3) is 0.200. The zero-order chi connectivity index (χ0) is 12.3. The van der Waals surface area contributed by atoms with E-state index in [1.165, 1.54) is 12.1 Å². The highest BCUT2D eigenvalue weighted by Gasteiger charge is 2.07. The number of halogens is 2. The van der Waals surface area contributed by atoms with Crippen LogP contribution in [0.5, 0.6) is 0 Å². The van der Waals surface area contributed by atoms with E-state index in [9.17, 15) is 4.39 Å². The van der Waals surface area contributed by atoms with E-state index in [4.69, 9.17) is 10.2 Å². The first-order valence-electron chi connectivity index (χ1n) is 4.93. The van der Waals surface area contributed by atoms with E-state index in [1.807, 2.05) is 22.6 Å². The molecule has 0 fully saturated rings. The summed E-state index contributed by atoms with van der Waals surface area (Å²) < 4.78 is 18.9. The topological polar surface area (TPSA) is 77.0 Å². The molecule has 0 aliphatic carbocycles. The molecule has 2 aromatic rings. The summed E-state index contributed by atoms with van der Waals surface area (Å²) in [5.41, 5.74) is 6.09. The Labute approximate surface area is 111 Å². The smallest absolute Gasteiger partial charge is 0.320 e. The molecule has 2 rings (SSSR count). The van der Waals surface area contributed by atoms with Crippen LogP contribution < -0.4 is 11.1 Å². The van der Waals surface area contributed by atoms with Gasteiger partial charge in [0.15, 0.2) is 0 Å². The predicted octanol–water partition coefficient (Wildman–Crippen LogP) is 2.06. The van der Waals surface area contributed by atoms with Crippen molar-refractivity contribution in [1.29, 1.82) is 0 Å². The minimum atomic E-state index is -0.283. The van der Waals surface area contributed by atoms with Crippen molar-refractivity contribution in [3.63, 3.8) is 0 Å². The SMILES string of the molecule is NCCc1nnc(Nc2ccc(F)cc2I)o1. The highest BCUT2D eigenvalue weighted by molar-refractivity contribution is 14.1. The molecule has 0 spiro atoms. The maximum atomic E-state index is 12.9. The summed E-state index contributed by atoms with van der Waals surface area (Å²) in [5, 5.41) is 10.5. The largest absolute Gasteiger partial charge is 0.408 e. The van der Waals surface area contributed by atoms with Crippen molar-refractivity contribution >= 4 is 34.3 Å². The third-order valence-corrected chi connectivity index (χ3v) is 2.89. The van der Waals surface area contributed by atoms with Gasteiger partial charge in [-0.2, -0.15) is 0 Å². The van der Waals surface area contributed by atoms with Crippen LogP contribution in [-0.4, -0.2) is 16.7 Å². The highest BCUT2D eigenvalue weighted by atomic mass is 127. The van der Waals surface area contributed by atoms with Gasteiger partial charge >= 0.3 is 6.01 Å². The van der Waals surface area contributed by atoms with Crippen molar-refractivity contribution in [3.05, 3.63) is 33.5 Å². The number of aromatic nitrogens is 2. The van der Waals surface area contributed by atoms with Gasteiger partial charge in [0.05, 0.1) is 5.69 Å². The molecule has 0 radical (unpaired) electrons. The van der Waals surface area contributed by atoms with Crippen LogP contribution in [0.2, 0.25) is 0 Å². The number of hydrogen-bond donors (Lipinski definition) is 2. The van der Waals surface area contributed by atoms with Crippen LogP contribution in [0.15, 0.2) is 22.6 Å². The normalized spacial score (nSPS) is 10.5. The molecule has 0 aliphatic rings. The Kier molecular flexibility index (Phi) is 3.89. The zero-order valence-electron chi connectivity index (χ0n) is 8.78. The molecule has 1 heterocycles. The molecule has 0 saturated heterocycles. The Bertz CT molecular complexity index is 517. The lowest BCUT2D eigenvalue weighted by atomic mass is 10.3. The van der Waals surface area contributed by atoms with Gasteiger partial charge in [0, 0.05) is 16.5 Å². The van der Waals surface area contributed by atoms with Gasteiger partial charge in [-0.15, -0.1) is 5.10 Å². The Morgan fingerprint density at radius 1 is 1.41 bits per heavy atom. The van der Waals surface area contributed by atoms with Crippen molar-refractivity contribution < 1.29 is 8.81 Å². The first-order chi connectivity index (χ1) is 8.19. The number of anilines is 2. The summed E-state index contributed by atoms with van der Waals surface area (Å²) >= 11 is 2.02. The number of nitrogens with one attached hydrogen (secondary N) is 1. The molecule has 7 heteroatoms. The molecule has 17 heavy (non-hydrogen) atoms. The number of hydrogen-bond acceptors (Lipinski definition) is 5. The van der Waals surface area contributed by atoms with Gasteiger partial charge in [0.2, 0.25) is 5.89 Å². The molecule has 1 aromatic carbocycles. The Balaban J connectivity index is 2.13. The lowest BCUT2D eigenvalue weighted by Crippen LogP contribution is -2.02. The lowest BCUT2D eigenvalue weighted by Gasteiger charge is -2.03. The Morgan fingerprint density at radius 3 is 2.94 bits per heavy atom. The molecule has 0 unspecified atom stereocenters. The van der Waals surface area contributed by atoms with E-state index in [-0.39, 0.29) is 11.8 Å². The van der Waals surface area contributed by atoms with Crippen LogP contribution in [0.25, 0.3) is 0 Å². The molecule has 0 aliphatic heterocycles. The van der Waals surface area contributed by atoms with E-state index in [0.717, 1.165) is 9.26 Å². The fourth-order valence-electron chi connectivity index (χ4n) is 1.23. The summed E-state index contributed by atoms with van der Waals surface area (Å²) in [6, 6.07) is 4.67. The second-order valence-electron chi connectivity index (χ2n) is 3.29. The quantitative estimate of drug-likeness (QED) is 0.828. The van der Waals surface area contributed by atoms with E-state index < -0.39 is 0 Å². The summed E-state index contributed by atoms with van der Waals surface area (Å²) in [6.07, 6.45) is 0.537. The highest BCUT2D eigenvalue weighted by Crippen LogP contribution is 2.22. The van der Waals surface area contributed by atoms with E-state index >= 15 is 0 Å². The zero-order valence-corrected chi connectivity index (χ0v) is 10.9. The molecule has 0 saturated carbocycles. The molecule has 3 N–H and O–H groups in total. The average Bonchev–Trinajstić information content (AvgIpc) is 2.71. The van der Waals surface area contributed by atoms with Crippen LogP contribution >= 0.6 is 22.6 Å². The molecule has 0 bridgehead atoms. The molecule has 90 valence electrons. The third-order valence-electron chi connectivity index (χ3n) is 2.00. The van der Waals surface area contributed by atoms with Gasteiger partial charge in [-0.1, -0.05) is 5.10 Å². The van der Waals surface area contributed by atoms with Gasteiger partial charge in [0.1, 0.15) is 5.82 Å². The third kappa shape index (κ3) is 3.13. The maximum absolute atomic E-state index is 12.9. The minimum absolute atomic E-state index is 0.276. The molecular formula is C10H10FIN4O. The van der Waals surface area contributed by atoms with Gasteiger partial charge in [0.25, 0.3) is 0 Å². The minimum Gasteiger partial charge on any atom is -0.408 e. The standard InChI is InChI=1S/C10H10FIN4O/c11-6-1-2-8(7(12)5-6)14-10-16-15-9(17-10)3-4-13/h1-2,5H,3-4,13H2,(H,14,16). The van der Waals surface area contributed by atoms with Crippen molar-refractivity contribution in [2.75, 3.05) is 11.9 Å². The first-order valence-corrected chi connectivity index (χ1v) is 6.01. The number of nitrogens with zero attached hydrogens (tertiary/aromatic N) is 2. The van der Waals surface area contributed by atoms with Crippen LogP contribution in [0, 0.1) is 9.39 Å². The molecule has 5 nitrogen and oxygen atoms in total. The average molecular weight is 348 g/mol. The number of nitrogens with two attached hydrogens (primary N) is 1. The van der Waals surface area contributed by atoms with Crippen LogP contribution in [0.4, 0.5) is 16.1 Å². The van der Waals surface area contributed by atoms with Crippen molar-refractivity contribution in [2.45, 2.75) is 6.42 Å². The lowest BCUT2D eigenvalue weighted by molar-refractivity contribution is 0.509.